The van der Waals surface area contributed by atoms with Crippen LogP contribution in [0.3, 0.4) is 0 Å². The highest BCUT2D eigenvalue weighted by atomic mass is 16.2. The first-order chi connectivity index (χ1) is 10.7. The lowest BCUT2D eigenvalue weighted by atomic mass is 10.2. The lowest BCUT2D eigenvalue weighted by Gasteiger charge is -2.09. The van der Waals surface area contributed by atoms with Crippen molar-refractivity contribution in [1.82, 2.24) is 5.32 Å². The van der Waals surface area contributed by atoms with E-state index in [4.69, 9.17) is 0 Å². The number of hydrogen-bond acceptors (Lipinski definition) is 2. The van der Waals surface area contributed by atoms with Crippen LogP contribution in [0.1, 0.15) is 23.7 Å². The molecule has 114 valence electrons. The van der Waals surface area contributed by atoms with Crippen LogP contribution < -0.4 is 16.0 Å². The number of benzene rings is 2. The quantitative estimate of drug-likeness (QED) is 0.791. The van der Waals surface area contributed by atoms with Crippen LogP contribution in [0.4, 0.5) is 16.2 Å². The van der Waals surface area contributed by atoms with Gasteiger partial charge < -0.3 is 16.0 Å². The van der Waals surface area contributed by atoms with Crippen molar-refractivity contribution in [1.29, 1.82) is 0 Å². The van der Waals surface area contributed by atoms with Gasteiger partial charge in [0, 0.05) is 23.5 Å². The lowest BCUT2D eigenvalue weighted by molar-refractivity contribution is 0.102. The molecule has 3 amide bonds. The summed E-state index contributed by atoms with van der Waals surface area (Å²) in [4.78, 5) is 23.7. The van der Waals surface area contributed by atoms with Crippen LogP contribution in [0.25, 0.3) is 0 Å². The van der Waals surface area contributed by atoms with Crippen LogP contribution in [-0.4, -0.2) is 18.5 Å². The average Bonchev–Trinajstić information content (AvgIpc) is 2.54. The van der Waals surface area contributed by atoms with Crippen molar-refractivity contribution in [3.8, 4) is 0 Å². The SMILES string of the molecule is CCCNC(=O)Nc1cccc(NC(=O)c2ccccc2)c1. The van der Waals surface area contributed by atoms with Crippen LogP contribution in [-0.2, 0) is 0 Å². The highest BCUT2D eigenvalue weighted by Crippen LogP contribution is 2.16. The number of anilines is 2. The molecule has 0 aliphatic rings. The maximum Gasteiger partial charge on any atom is 0.319 e. The predicted octanol–water partition coefficient (Wildman–Crippen LogP) is 3.47. The molecule has 0 saturated carbocycles. The largest absolute Gasteiger partial charge is 0.338 e. The molecule has 3 N–H and O–H groups in total. The molecule has 0 fully saturated rings. The van der Waals surface area contributed by atoms with E-state index in [9.17, 15) is 9.59 Å². The summed E-state index contributed by atoms with van der Waals surface area (Å²) < 4.78 is 0. The van der Waals surface area contributed by atoms with Gasteiger partial charge in [0.15, 0.2) is 0 Å². The zero-order valence-electron chi connectivity index (χ0n) is 12.4. The Balaban J connectivity index is 1.99. The van der Waals surface area contributed by atoms with Crippen molar-refractivity contribution in [3.05, 3.63) is 60.2 Å². The van der Waals surface area contributed by atoms with Crippen LogP contribution in [0.5, 0.6) is 0 Å². The highest BCUT2D eigenvalue weighted by Gasteiger charge is 2.06. The summed E-state index contributed by atoms with van der Waals surface area (Å²) in [5, 5.41) is 8.26. The maximum absolute atomic E-state index is 12.1. The van der Waals surface area contributed by atoms with Crippen molar-refractivity contribution < 1.29 is 9.59 Å². The predicted molar refractivity (Wildman–Crippen MR) is 88.1 cm³/mol. The standard InChI is InChI=1S/C17H19N3O2/c1-2-11-18-17(22)20-15-10-6-9-14(12-15)19-16(21)13-7-4-3-5-8-13/h3-10,12H,2,11H2,1H3,(H,19,21)(H2,18,20,22). The van der Waals surface area contributed by atoms with Crippen molar-refractivity contribution in [2.45, 2.75) is 13.3 Å². The molecule has 2 aromatic carbocycles. The van der Waals surface area contributed by atoms with Crippen LogP contribution in [0.2, 0.25) is 0 Å². The van der Waals surface area contributed by atoms with Gasteiger partial charge >= 0.3 is 6.03 Å². The molecule has 0 spiro atoms. The van der Waals surface area contributed by atoms with E-state index in [1.807, 2.05) is 25.1 Å². The van der Waals surface area contributed by atoms with Crippen LogP contribution in [0, 0.1) is 0 Å². The Morgan fingerprint density at radius 3 is 2.27 bits per heavy atom. The summed E-state index contributed by atoms with van der Waals surface area (Å²) in [6.07, 6.45) is 0.876. The molecule has 0 aliphatic carbocycles. The Kier molecular flexibility index (Phi) is 5.54. The van der Waals surface area contributed by atoms with E-state index >= 15 is 0 Å². The summed E-state index contributed by atoms with van der Waals surface area (Å²) in [5.41, 5.74) is 1.84. The van der Waals surface area contributed by atoms with Crippen molar-refractivity contribution in [2.75, 3.05) is 17.2 Å². The van der Waals surface area contributed by atoms with Crippen molar-refractivity contribution in [2.24, 2.45) is 0 Å². The van der Waals surface area contributed by atoms with Gasteiger partial charge in [0.05, 0.1) is 0 Å². The van der Waals surface area contributed by atoms with Gasteiger partial charge in [0.1, 0.15) is 0 Å². The van der Waals surface area contributed by atoms with Crippen LogP contribution >= 0.6 is 0 Å². The molecule has 5 nitrogen and oxygen atoms in total. The first-order valence-electron chi connectivity index (χ1n) is 7.20. The monoisotopic (exact) mass is 297 g/mol. The third-order valence-electron chi connectivity index (χ3n) is 2.95. The van der Waals surface area contributed by atoms with Gasteiger partial charge in [0.25, 0.3) is 5.91 Å². The van der Waals surface area contributed by atoms with E-state index in [-0.39, 0.29) is 11.9 Å². The molecule has 5 heteroatoms. The number of rotatable bonds is 5. The smallest absolute Gasteiger partial charge is 0.319 e. The highest BCUT2D eigenvalue weighted by molar-refractivity contribution is 6.04. The third kappa shape index (κ3) is 4.63. The van der Waals surface area contributed by atoms with Gasteiger partial charge in [-0.3, -0.25) is 4.79 Å². The molecule has 0 atom stereocenters. The van der Waals surface area contributed by atoms with Crippen molar-refractivity contribution >= 4 is 23.3 Å². The van der Waals surface area contributed by atoms with Crippen molar-refractivity contribution in [3.63, 3.8) is 0 Å². The van der Waals surface area contributed by atoms with E-state index in [1.54, 1.807) is 36.4 Å². The van der Waals surface area contributed by atoms with E-state index in [1.165, 1.54) is 0 Å². The zero-order chi connectivity index (χ0) is 15.8. The summed E-state index contributed by atoms with van der Waals surface area (Å²) in [5.74, 6) is -0.187. The summed E-state index contributed by atoms with van der Waals surface area (Å²) >= 11 is 0. The topological polar surface area (TPSA) is 70.2 Å². The molecule has 0 unspecified atom stereocenters. The summed E-state index contributed by atoms with van der Waals surface area (Å²) in [6, 6.07) is 15.7. The third-order valence-corrected chi connectivity index (χ3v) is 2.95. The van der Waals surface area contributed by atoms with E-state index in [0.717, 1.165) is 6.42 Å². The second kappa shape index (κ2) is 7.83. The number of amides is 3. The fraction of sp³-hybridized carbons (Fsp3) is 0.176. The molecular weight excluding hydrogens is 278 g/mol. The first kappa shape index (κ1) is 15.6. The summed E-state index contributed by atoms with van der Waals surface area (Å²) in [7, 11) is 0. The molecule has 0 radical (unpaired) electrons. The first-order valence-corrected chi connectivity index (χ1v) is 7.20. The number of hydrogen-bond donors (Lipinski definition) is 3. The minimum atomic E-state index is -0.256. The number of carbonyl (C=O) groups is 2. The number of urea groups is 1. The molecular formula is C17H19N3O2. The van der Waals surface area contributed by atoms with Gasteiger partial charge in [0.2, 0.25) is 0 Å². The second-order valence-electron chi connectivity index (χ2n) is 4.78. The summed E-state index contributed by atoms with van der Waals surface area (Å²) in [6.45, 7) is 2.61. The molecule has 0 bridgehead atoms. The number of nitrogens with one attached hydrogen (secondary N) is 3. The molecule has 0 saturated heterocycles. The average molecular weight is 297 g/mol. The Labute approximate surface area is 129 Å². The van der Waals surface area contributed by atoms with Gasteiger partial charge in [-0.25, -0.2) is 4.79 Å². The maximum atomic E-state index is 12.1. The Hall–Kier alpha value is -2.82. The van der Waals surface area contributed by atoms with E-state index < -0.39 is 0 Å². The normalized spacial score (nSPS) is 9.86. The zero-order valence-corrected chi connectivity index (χ0v) is 12.4. The second-order valence-corrected chi connectivity index (χ2v) is 4.78. The van der Waals surface area contributed by atoms with Crippen LogP contribution in [0.15, 0.2) is 54.6 Å². The molecule has 0 aliphatic heterocycles. The molecule has 2 aromatic rings. The Bertz CT molecular complexity index is 641. The van der Waals surface area contributed by atoms with Gasteiger partial charge in [-0.05, 0) is 36.8 Å². The molecule has 22 heavy (non-hydrogen) atoms. The Morgan fingerprint density at radius 2 is 1.59 bits per heavy atom. The minimum absolute atomic E-state index is 0.187. The van der Waals surface area contributed by atoms with Gasteiger partial charge in [-0.15, -0.1) is 0 Å². The number of carbonyl (C=O) groups excluding carboxylic acids is 2. The fourth-order valence-electron chi connectivity index (χ4n) is 1.88. The Morgan fingerprint density at radius 1 is 0.909 bits per heavy atom. The fourth-order valence-corrected chi connectivity index (χ4v) is 1.88. The van der Waals surface area contributed by atoms with E-state index in [2.05, 4.69) is 16.0 Å². The lowest BCUT2D eigenvalue weighted by Crippen LogP contribution is -2.29. The van der Waals surface area contributed by atoms with Gasteiger partial charge in [-0.2, -0.15) is 0 Å². The molecule has 0 aromatic heterocycles. The molecule has 0 heterocycles. The molecule has 2 rings (SSSR count). The minimum Gasteiger partial charge on any atom is -0.338 e. The van der Waals surface area contributed by atoms with Gasteiger partial charge in [-0.1, -0.05) is 31.2 Å². The van der Waals surface area contributed by atoms with E-state index in [0.29, 0.717) is 23.5 Å².